The maximum Gasteiger partial charge on any atom is 0.230 e. The van der Waals surface area contributed by atoms with E-state index in [-0.39, 0.29) is 11.2 Å². The van der Waals surface area contributed by atoms with E-state index in [1.54, 1.807) is 6.92 Å². The van der Waals surface area contributed by atoms with Gasteiger partial charge in [-0.25, -0.2) is 0 Å². The summed E-state index contributed by atoms with van der Waals surface area (Å²) in [5.74, 6) is -0.299. The Kier molecular flexibility index (Phi) is 3.99. The number of carbonyl (C=O) groups excluding carboxylic acids is 1. The molecule has 0 radical (unpaired) electrons. The summed E-state index contributed by atoms with van der Waals surface area (Å²) in [4.78, 5) is 12.9. The lowest BCUT2D eigenvalue weighted by molar-refractivity contribution is -0.117. The monoisotopic (exact) mass is 218 g/mol. The van der Waals surface area contributed by atoms with Crippen LogP contribution in [0.3, 0.4) is 0 Å². The lowest BCUT2D eigenvalue weighted by Crippen LogP contribution is -2.29. The lowest BCUT2D eigenvalue weighted by atomic mass is 10.4. The number of nitrogens with two attached hydrogens (primary N) is 1. The van der Waals surface area contributed by atoms with Gasteiger partial charge in [0.25, 0.3) is 0 Å². The highest BCUT2D eigenvalue weighted by Gasteiger charge is 2.19. The molecule has 1 aliphatic heterocycles. The van der Waals surface area contributed by atoms with E-state index >= 15 is 0 Å². The molecule has 1 saturated heterocycles. The van der Waals surface area contributed by atoms with Crippen LogP contribution in [-0.4, -0.2) is 33.5 Å². The van der Waals surface area contributed by atoms with Crippen LogP contribution in [0.25, 0.3) is 0 Å². The number of primary amides is 1. The van der Waals surface area contributed by atoms with Crippen LogP contribution in [0.15, 0.2) is 0 Å². The Hall–Kier alpha value is -0.290. The third-order valence-electron chi connectivity index (χ3n) is 2.04. The van der Waals surface area contributed by atoms with Crippen molar-refractivity contribution in [2.24, 2.45) is 5.73 Å². The quantitative estimate of drug-likeness (QED) is 0.702. The zero-order chi connectivity index (χ0) is 9.84. The van der Waals surface area contributed by atoms with Crippen molar-refractivity contribution in [1.82, 2.24) is 4.90 Å². The standard InChI is InChI=1S/C8H14N2OS2/c1-6(7(9)11)13-8(12)10-4-2-3-5-10/h6H,2-5H2,1H3,(H2,9,11)/t6-/m0/s1. The molecule has 0 saturated carbocycles. The molecule has 13 heavy (non-hydrogen) atoms. The second-order valence-electron chi connectivity index (χ2n) is 3.12. The molecule has 1 atom stereocenters. The largest absolute Gasteiger partial charge is 0.369 e. The summed E-state index contributed by atoms with van der Waals surface area (Å²) in [5.41, 5.74) is 5.15. The van der Waals surface area contributed by atoms with Crippen LogP contribution in [0.4, 0.5) is 0 Å². The predicted octanol–water partition coefficient (Wildman–Crippen LogP) is 0.974. The number of amides is 1. The summed E-state index contributed by atoms with van der Waals surface area (Å²) in [7, 11) is 0. The fraction of sp³-hybridized carbons (Fsp3) is 0.750. The molecule has 1 amide bonds. The molecule has 0 aromatic heterocycles. The van der Waals surface area contributed by atoms with Gasteiger partial charge < -0.3 is 10.6 Å². The van der Waals surface area contributed by atoms with Crippen molar-refractivity contribution in [3.8, 4) is 0 Å². The van der Waals surface area contributed by atoms with Crippen LogP contribution in [0.1, 0.15) is 19.8 Å². The van der Waals surface area contributed by atoms with Crippen molar-refractivity contribution in [3.05, 3.63) is 0 Å². The van der Waals surface area contributed by atoms with Crippen LogP contribution >= 0.6 is 24.0 Å². The molecule has 1 fully saturated rings. The van der Waals surface area contributed by atoms with Gasteiger partial charge in [-0.2, -0.15) is 0 Å². The minimum absolute atomic E-state index is 0.215. The molecular formula is C8H14N2OS2. The molecular weight excluding hydrogens is 204 g/mol. The molecule has 0 aromatic carbocycles. The lowest BCUT2D eigenvalue weighted by Gasteiger charge is -2.19. The molecule has 1 rings (SSSR count). The third kappa shape index (κ3) is 3.15. The van der Waals surface area contributed by atoms with Gasteiger partial charge in [0.15, 0.2) is 0 Å². The molecule has 0 spiro atoms. The summed E-state index contributed by atoms with van der Waals surface area (Å²) < 4.78 is 0.809. The number of hydrogen-bond donors (Lipinski definition) is 1. The Morgan fingerprint density at radius 1 is 1.54 bits per heavy atom. The maximum atomic E-state index is 10.8. The number of thiocarbonyl (C=S) groups is 1. The normalized spacial score (nSPS) is 18.7. The third-order valence-corrected chi connectivity index (χ3v) is 3.64. The van der Waals surface area contributed by atoms with E-state index in [1.807, 2.05) is 0 Å². The highest BCUT2D eigenvalue weighted by Crippen LogP contribution is 2.19. The van der Waals surface area contributed by atoms with Gasteiger partial charge >= 0.3 is 0 Å². The van der Waals surface area contributed by atoms with Crippen LogP contribution in [0.5, 0.6) is 0 Å². The first-order valence-electron chi connectivity index (χ1n) is 4.36. The number of rotatable bonds is 2. The highest BCUT2D eigenvalue weighted by atomic mass is 32.2. The van der Waals surface area contributed by atoms with Crippen molar-refractivity contribution in [2.45, 2.75) is 25.0 Å². The summed E-state index contributed by atoms with van der Waals surface area (Å²) in [6, 6.07) is 0. The van der Waals surface area contributed by atoms with Gasteiger partial charge in [0.1, 0.15) is 4.32 Å². The fourth-order valence-electron chi connectivity index (χ4n) is 1.18. The fourth-order valence-corrected chi connectivity index (χ4v) is 2.55. The van der Waals surface area contributed by atoms with Crippen LogP contribution in [-0.2, 0) is 4.79 Å². The van der Waals surface area contributed by atoms with Gasteiger partial charge in [-0.05, 0) is 19.8 Å². The van der Waals surface area contributed by atoms with E-state index in [0.29, 0.717) is 0 Å². The molecule has 0 unspecified atom stereocenters. The second-order valence-corrected chi connectivity index (χ2v) is 5.10. The highest BCUT2D eigenvalue weighted by molar-refractivity contribution is 8.23. The minimum Gasteiger partial charge on any atom is -0.369 e. The van der Waals surface area contributed by atoms with Crippen LogP contribution in [0, 0.1) is 0 Å². The van der Waals surface area contributed by atoms with Gasteiger partial charge in [0.05, 0.1) is 5.25 Å². The van der Waals surface area contributed by atoms with E-state index in [1.165, 1.54) is 24.6 Å². The number of likely N-dealkylation sites (tertiary alicyclic amines) is 1. The van der Waals surface area contributed by atoms with E-state index in [2.05, 4.69) is 4.90 Å². The summed E-state index contributed by atoms with van der Waals surface area (Å²) in [6.07, 6.45) is 2.40. The first-order valence-corrected chi connectivity index (χ1v) is 5.65. The first kappa shape index (κ1) is 10.8. The Balaban J connectivity index is 2.35. The van der Waals surface area contributed by atoms with Crippen molar-refractivity contribution in [3.63, 3.8) is 0 Å². The molecule has 0 aromatic rings. The molecule has 0 aliphatic carbocycles. The average molecular weight is 218 g/mol. The van der Waals surface area contributed by atoms with Gasteiger partial charge in [-0.1, -0.05) is 24.0 Å². The zero-order valence-corrected chi connectivity index (χ0v) is 9.29. The SMILES string of the molecule is C[C@H](SC(=S)N1CCCC1)C(N)=O. The average Bonchev–Trinajstić information content (AvgIpc) is 2.55. The minimum atomic E-state index is -0.299. The van der Waals surface area contributed by atoms with Crippen LogP contribution in [0.2, 0.25) is 0 Å². The van der Waals surface area contributed by atoms with Gasteiger partial charge in [0.2, 0.25) is 5.91 Å². The van der Waals surface area contributed by atoms with Gasteiger partial charge in [-0.3, -0.25) is 4.79 Å². The number of carbonyl (C=O) groups is 1. The topological polar surface area (TPSA) is 46.3 Å². The Labute approximate surface area is 88.0 Å². The van der Waals surface area contributed by atoms with E-state index < -0.39 is 0 Å². The summed E-state index contributed by atoms with van der Waals surface area (Å²) >= 11 is 6.58. The van der Waals surface area contributed by atoms with Crippen LogP contribution < -0.4 is 5.73 Å². The van der Waals surface area contributed by atoms with E-state index in [0.717, 1.165) is 17.4 Å². The maximum absolute atomic E-state index is 10.8. The Morgan fingerprint density at radius 2 is 2.08 bits per heavy atom. The Bertz CT molecular complexity index is 214. The zero-order valence-electron chi connectivity index (χ0n) is 7.66. The number of nitrogens with zero attached hydrogens (tertiary/aromatic N) is 1. The summed E-state index contributed by atoms with van der Waals surface area (Å²) in [6.45, 7) is 3.84. The molecule has 5 heteroatoms. The molecule has 0 bridgehead atoms. The molecule has 1 heterocycles. The van der Waals surface area contributed by atoms with E-state index in [9.17, 15) is 4.79 Å². The second kappa shape index (κ2) is 4.81. The number of hydrogen-bond acceptors (Lipinski definition) is 3. The van der Waals surface area contributed by atoms with Crippen molar-refractivity contribution in [1.29, 1.82) is 0 Å². The van der Waals surface area contributed by atoms with Gasteiger partial charge in [-0.15, -0.1) is 0 Å². The molecule has 3 nitrogen and oxygen atoms in total. The Morgan fingerprint density at radius 3 is 2.54 bits per heavy atom. The van der Waals surface area contributed by atoms with Gasteiger partial charge in [0, 0.05) is 13.1 Å². The summed E-state index contributed by atoms with van der Waals surface area (Å²) in [5, 5.41) is -0.215. The predicted molar refractivity (Wildman–Crippen MR) is 59.7 cm³/mol. The molecule has 2 N–H and O–H groups in total. The molecule has 1 aliphatic rings. The molecule has 74 valence electrons. The number of thioether (sulfide) groups is 1. The van der Waals surface area contributed by atoms with Crippen molar-refractivity contribution < 1.29 is 4.79 Å². The van der Waals surface area contributed by atoms with Crippen molar-refractivity contribution >= 4 is 34.2 Å². The smallest absolute Gasteiger partial charge is 0.230 e. The van der Waals surface area contributed by atoms with Crippen molar-refractivity contribution in [2.75, 3.05) is 13.1 Å². The first-order chi connectivity index (χ1) is 6.11. The van der Waals surface area contributed by atoms with E-state index in [4.69, 9.17) is 18.0 Å².